The predicted molar refractivity (Wildman–Crippen MR) is 89.3 cm³/mol. The molecule has 0 radical (unpaired) electrons. The quantitative estimate of drug-likeness (QED) is 0.239. The van der Waals surface area contributed by atoms with Gasteiger partial charge in [0, 0.05) is 18.7 Å². The van der Waals surface area contributed by atoms with Crippen LogP contribution in [0.15, 0.2) is 25.3 Å². The third kappa shape index (κ3) is 12.3. The fraction of sp³-hybridized carbons (Fsp3) is 0.588. The number of alkyl carbamates (subject to hydrolysis) is 1. The highest BCUT2D eigenvalue weighted by molar-refractivity contribution is 5.81. The van der Waals surface area contributed by atoms with E-state index in [-0.39, 0.29) is 13.2 Å². The van der Waals surface area contributed by atoms with Crippen LogP contribution >= 0.6 is 0 Å². The summed E-state index contributed by atoms with van der Waals surface area (Å²) < 4.78 is 14.7. The van der Waals surface area contributed by atoms with Crippen molar-refractivity contribution in [1.29, 1.82) is 0 Å². The molecule has 0 unspecified atom stereocenters. The smallest absolute Gasteiger partial charge is 0.407 e. The van der Waals surface area contributed by atoms with Crippen LogP contribution in [0.4, 0.5) is 4.79 Å². The zero-order valence-corrected chi connectivity index (χ0v) is 14.3. The summed E-state index contributed by atoms with van der Waals surface area (Å²) in [6.07, 6.45) is 5.77. The molecule has 0 aromatic carbocycles. The van der Waals surface area contributed by atoms with E-state index >= 15 is 0 Å². The Labute approximate surface area is 143 Å². The van der Waals surface area contributed by atoms with Crippen molar-refractivity contribution in [3.63, 3.8) is 0 Å². The van der Waals surface area contributed by atoms with Crippen LogP contribution in [0, 0.1) is 0 Å². The molecule has 7 nitrogen and oxygen atoms in total. The molecule has 0 rings (SSSR count). The molecule has 0 aromatic rings. The normalized spacial score (nSPS) is 9.92. The topological polar surface area (TPSA) is 90.9 Å². The molecule has 0 bridgehead atoms. The lowest BCUT2D eigenvalue weighted by molar-refractivity contribution is -0.146. The Kier molecular flexibility index (Phi) is 12.9. The molecule has 0 saturated heterocycles. The van der Waals surface area contributed by atoms with Gasteiger partial charge in [-0.3, -0.25) is 0 Å². The number of rotatable bonds is 13. The van der Waals surface area contributed by atoms with Gasteiger partial charge in [0.05, 0.1) is 0 Å². The number of carbonyl (C=O) groups is 3. The fourth-order valence-electron chi connectivity index (χ4n) is 1.70. The van der Waals surface area contributed by atoms with Crippen molar-refractivity contribution in [3.05, 3.63) is 25.3 Å². The fourth-order valence-corrected chi connectivity index (χ4v) is 1.70. The second-order valence-electron chi connectivity index (χ2n) is 5.04. The summed E-state index contributed by atoms with van der Waals surface area (Å²) in [5.41, 5.74) is 0. The number of unbranched alkanes of at least 4 members (excludes halogenated alkanes) is 4. The maximum absolute atomic E-state index is 11.7. The minimum absolute atomic E-state index is 0.237. The van der Waals surface area contributed by atoms with E-state index in [1.54, 1.807) is 0 Å². The van der Waals surface area contributed by atoms with E-state index in [0.29, 0.717) is 6.54 Å². The van der Waals surface area contributed by atoms with Gasteiger partial charge in [-0.25, -0.2) is 14.4 Å². The summed E-state index contributed by atoms with van der Waals surface area (Å²) in [4.78, 5) is 33.9. The first-order valence-corrected chi connectivity index (χ1v) is 8.06. The molecule has 0 saturated carbocycles. The van der Waals surface area contributed by atoms with E-state index in [1.165, 1.54) is 6.42 Å². The summed E-state index contributed by atoms with van der Waals surface area (Å²) in [5, 5.41) is 2.61. The maximum atomic E-state index is 11.7. The Hall–Kier alpha value is -2.31. The Bertz CT molecular complexity index is 397. The standard InChI is InChI=1S/C17H27NO6/c1-4-7-8-9-10-11-18-17(21)24-14(12-22-15(19)5-2)13-23-16(20)6-3/h5-6,14H,2-4,7-13H2,1H3,(H,18,21). The average Bonchev–Trinajstić information content (AvgIpc) is 2.59. The highest BCUT2D eigenvalue weighted by Crippen LogP contribution is 2.02. The van der Waals surface area contributed by atoms with Crippen LogP contribution in [0.1, 0.15) is 39.0 Å². The highest BCUT2D eigenvalue weighted by atomic mass is 16.6. The van der Waals surface area contributed by atoms with Gasteiger partial charge >= 0.3 is 18.0 Å². The Balaban J connectivity index is 4.17. The molecule has 24 heavy (non-hydrogen) atoms. The molecule has 136 valence electrons. The van der Waals surface area contributed by atoms with Gasteiger partial charge in [0.2, 0.25) is 0 Å². The number of esters is 2. The first-order chi connectivity index (χ1) is 11.5. The largest absolute Gasteiger partial charge is 0.458 e. The molecule has 0 fully saturated rings. The minimum atomic E-state index is -0.905. The van der Waals surface area contributed by atoms with E-state index in [9.17, 15) is 14.4 Å². The van der Waals surface area contributed by atoms with Crippen molar-refractivity contribution >= 4 is 18.0 Å². The molecule has 0 aliphatic heterocycles. The average molecular weight is 341 g/mol. The molecular formula is C17H27NO6. The maximum Gasteiger partial charge on any atom is 0.407 e. The Morgan fingerprint density at radius 2 is 1.50 bits per heavy atom. The summed E-state index contributed by atoms with van der Waals surface area (Å²) in [6.45, 7) is 8.68. The molecule has 0 aromatic heterocycles. The first kappa shape index (κ1) is 21.7. The van der Waals surface area contributed by atoms with Crippen molar-refractivity contribution in [2.45, 2.75) is 45.1 Å². The minimum Gasteiger partial charge on any atom is -0.458 e. The third-order valence-corrected chi connectivity index (χ3v) is 2.98. The lowest BCUT2D eigenvalue weighted by Gasteiger charge is -2.17. The molecular weight excluding hydrogens is 314 g/mol. The molecule has 1 N–H and O–H groups in total. The van der Waals surface area contributed by atoms with Crippen LogP contribution < -0.4 is 5.32 Å². The number of carbonyl (C=O) groups excluding carboxylic acids is 3. The summed E-state index contributed by atoms with van der Waals surface area (Å²) in [7, 11) is 0. The number of hydrogen-bond acceptors (Lipinski definition) is 6. The van der Waals surface area contributed by atoms with Crippen LogP contribution in [0.5, 0.6) is 0 Å². The van der Waals surface area contributed by atoms with Crippen LogP contribution in [0.3, 0.4) is 0 Å². The summed E-state index contributed by atoms with van der Waals surface area (Å²) >= 11 is 0. The van der Waals surface area contributed by atoms with Gasteiger partial charge in [-0.15, -0.1) is 0 Å². The monoisotopic (exact) mass is 341 g/mol. The predicted octanol–water partition coefficient (Wildman–Crippen LogP) is 2.51. The van der Waals surface area contributed by atoms with Gasteiger partial charge < -0.3 is 19.5 Å². The van der Waals surface area contributed by atoms with E-state index in [2.05, 4.69) is 25.4 Å². The number of hydrogen-bond donors (Lipinski definition) is 1. The van der Waals surface area contributed by atoms with Crippen molar-refractivity contribution in [3.8, 4) is 0 Å². The van der Waals surface area contributed by atoms with E-state index < -0.39 is 24.1 Å². The summed E-state index contributed by atoms with van der Waals surface area (Å²) in [6, 6.07) is 0. The van der Waals surface area contributed by atoms with Gasteiger partial charge in [-0.1, -0.05) is 45.8 Å². The van der Waals surface area contributed by atoms with Crippen LogP contribution in [-0.4, -0.2) is 43.9 Å². The Morgan fingerprint density at radius 1 is 0.958 bits per heavy atom. The zero-order chi connectivity index (χ0) is 18.2. The van der Waals surface area contributed by atoms with Crippen LogP contribution in [0.25, 0.3) is 0 Å². The van der Waals surface area contributed by atoms with E-state index in [0.717, 1.165) is 37.8 Å². The zero-order valence-electron chi connectivity index (χ0n) is 14.3. The molecule has 7 heteroatoms. The SMILES string of the molecule is C=CC(=O)OCC(COC(=O)C=C)OC(=O)NCCCCCCC. The Morgan fingerprint density at radius 3 is 2.00 bits per heavy atom. The van der Waals surface area contributed by atoms with E-state index in [1.807, 2.05) is 0 Å². The second kappa shape index (κ2) is 14.3. The number of ether oxygens (including phenoxy) is 3. The van der Waals surface area contributed by atoms with Gasteiger partial charge in [0.25, 0.3) is 0 Å². The van der Waals surface area contributed by atoms with Gasteiger partial charge in [0.15, 0.2) is 6.10 Å². The lowest BCUT2D eigenvalue weighted by Crippen LogP contribution is -2.35. The third-order valence-electron chi connectivity index (χ3n) is 2.98. The van der Waals surface area contributed by atoms with Gasteiger partial charge in [0.1, 0.15) is 13.2 Å². The van der Waals surface area contributed by atoms with E-state index in [4.69, 9.17) is 14.2 Å². The van der Waals surface area contributed by atoms with Gasteiger partial charge in [-0.2, -0.15) is 0 Å². The van der Waals surface area contributed by atoms with Crippen LogP contribution in [-0.2, 0) is 23.8 Å². The highest BCUT2D eigenvalue weighted by Gasteiger charge is 2.18. The molecule has 0 aliphatic carbocycles. The van der Waals surface area contributed by atoms with Crippen molar-refractivity contribution < 1.29 is 28.6 Å². The van der Waals surface area contributed by atoms with Gasteiger partial charge in [-0.05, 0) is 6.42 Å². The lowest BCUT2D eigenvalue weighted by atomic mass is 10.1. The number of amides is 1. The van der Waals surface area contributed by atoms with Crippen LogP contribution in [0.2, 0.25) is 0 Å². The first-order valence-electron chi connectivity index (χ1n) is 8.06. The molecule has 0 heterocycles. The van der Waals surface area contributed by atoms with Crippen molar-refractivity contribution in [2.24, 2.45) is 0 Å². The van der Waals surface area contributed by atoms with Crippen molar-refractivity contribution in [2.75, 3.05) is 19.8 Å². The molecule has 0 atom stereocenters. The molecule has 0 aliphatic rings. The molecule has 0 spiro atoms. The molecule has 1 amide bonds. The second-order valence-corrected chi connectivity index (χ2v) is 5.04. The van der Waals surface area contributed by atoms with Crippen molar-refractivity contribution in [1.82, 2.24) is 5.32 Å². The summed E-state index contributed by atoms with van der Waals surface area (Å²) in [5.74, 6) is -1.31. The number of nitrogens with one attached hydrogen (secondary N) is 1.